The number of benzene rings is 1. The van der Waals surface area contributed by atoms with Crippen LogP contribution < -0.4 is 10.1 Å². The number of rotatable bonds is 5. The van der Waals surface area contributed by atoms with Crippen LogP contribution in [0.25, 0.3) is 0 Å². The summed E-state index contributed by atoms with van der Waals surface area (Å²) >= 11 is 0. The van der Waals surface area contributed by atoms with Gasteiger partial charge in [0, 0.05) is 24.6 Å². The van der Waals surface area contributed by atoms with Crippen LogP contribution in [0.3, 0.4) is 0 Å². The molecule has 2 aliphatic heterocycles. The second-order valence-electron chi connectivity index (χ2n) is 9.54. The highest BCUT2D eigenvalue weighted by Gasteiger charge is 2.64. The molecule has 2 aliphatic carbocycles. The van der Waals surface area contributed by atoms with Crippen LogP contribution in [0.5, 0.6) is 5.75 Å². The molecule has 2 heterocycles. The zero-order valence-electron chi connectivity index (χ0n) is 16.9. The molecule has 0 aromatic heterocycles. The van der Waals surface area contributed by atoms with Crippen LogP contribution in [-0.4, -0.2) is 37.9 Å². The Morgan fingerprint density at radius 3 is 2.89 bits per heavy atom. The monoisotopic (exact) mass is 385 g/mol. The van der Waals surface area contributed by atoms with E-state index in [0.717, 1.165) is 30.8 Å². The summed E-state index contributed by atoms with van der Waals surface area (Å²) < 4.78 is 17.3. The molecule has 0 radical (unpaired) electrons. The van der Waals surface area contributed by atoms with Gasteiger partial charge >= 0.3 is 5.97 Å². The Kier molecular flexibility index (Phi) is 4.44. The van der Waals surface area contributed by atoms with Gasteiger partial charge in [0.1, 0.15) is 11.9 Å². The number of hydrogen-bond acceptors (Lipinski definition) is 5. The lowest BCUT2D eigenvalue weighted by Crippen LogP contribution is -2.51. The lowest BCUT2D eigenvalue weighted by molar-refractivity contribution is -0.147. The third kappa shape index (κ3) is 2.94. The highest BCUT2D eigenvalue weighted by Crippen LogP contribution is 2.62. The van der Waals surface area contributed by atoms with Crippen LogP contribution in [0.1, 0.15) is 44.6 Å². The molecule has 0 amide bonds. The largest absolute Gasteiger partial charge is 0.496 e. The molecule has 2 saturated carbocycles. The molecule has 5 nitrogen and oxygen atoms in total. The topological polar surface area (TPSA) is 60.1 Å². The van der Waals surface area contributed by atoms with Crippen molar-refractivity contribution < 1.29 is 19.0 Å². The van der Waals surface area contributed by atoms with Gasteiger partial charge in [-0.25, -0.2) is 0 Å². The number of epoxide rings is 1. The summed E-state index contributed by atoms with van der Waals surface area (Å²) in [6.07, 6.45) is 5.81. The molecule has 4 aliphatic rings. The number of fused-ring (bicyclic) bond motifs is 3. The van der Waals surface area contributed by atoms with Crippen molar-refractivity contribution in [2.75, 3.05) is 20.3 Å². The van der Waals surface area contributed by atoms with Crippen molar-refractivity contribution in [1.82, 2.24) is 5.32 Å². The molecule has 6 atom stereocenters. The minimum Gasteiger partial charge on any atom is -0.496 e. The molecule has 5 rings (SSSR count). The van der Waals surface area contributed by atoms with Crippen LogP contribution >= 0.6 is 0 Å². The van der Waals surface area contributed by atoms with Gasteiger partial charge in [-0.1, -0.05) is 25.1 Å². The van der Waals surface area contributed by atoms with Gasteiger partial charge in [-0.15, -0.1) is 0 Å². The van der Waals surface area contributed by atoms with Crippen molar-refractivity contribution in [3.63, 3.8) is 0 Å². The Labute approximate surface area is 167 Å². The van der Waals surface area contributed by atoms with Crippen molar-refractivity contribution in [2.45, 2.75) is 57.3 Å². The number of methoxy groups -OCH3 is 1. The molecule has 1 aromatic rings. The van der Waals surface area contributed by atoms with E-state index in [1.807, 2.05) is 18.2 Å². The first-order valence-electron chi connectivity index (χ1n) is 10.7. The van der Waals surface area contributed by atoms with Crippen molar-refractivity contribution in [2.24, 2.45) is 23.2 Å². The van der Waals surface area contributed by atoms with Gasteiger partial charge in [0.25, 0.3) is 0 Å². The standard InChI is InChI=1S/C23H31NO4/c1-22-8-5-9-23(14-27-23)20(22)10-16-17(21(25)28-19(16)11-22)13-24-12-15-6-3-4-7-18(15)26-2/h3-4,6-7,16-17,19-20,24H,5,8-14H2,1-2H3/t16-,17?,19-,20?,22-,23?/m1/s1. The van der Waals surface area contributed by atoms with Gasteiger partial charge in [0.05, 0.1) is 25.2 Å². The third-order valence-electron chi connectivity index (χ3n) is 7.95. The van der Waals surface area contributed by atoms with E-state index in [2.05, 4.69) is 18.3 Å². The van der Waals surface area contributed by atoms with Crippen molar-refractivity contribution in [3.05, 3.63) is 29.8 Å². The van der Waals surface area contributed by atoms with E-state index in [-0.39, 0.29) is 29.0 Å². The predicted octanol–water partition coefficient (Wildman–Crippen LogP) is 3.31. The zero-order chi connectivity index (χ0) is 19.4. The smallest absolute Gasteiger partial charge is 0.310 e. The summed E-state index contributed by atoms with van der Waals surface area (Å²) in [4.78, 5) is 12.7. The first-order valence-corrected chi connectivity index (χ1v) is 10.7. The van der Waals surface area contributed by atoms with Gasteiger partial charge < -0.3 is 19.5 Å². The quantitative estimate of drug-likeness (QED) is 0.622. The summed E-state index contributed by atoms with van der Waals surface area (Å²) in [6.45, 7) is 4.67. The second-order valence-corrected chi connectivity index (χ2v) is 9.54. The van der Waals surface area contributed by atoms with Crippen LogP contribution in [0.2, 0.25) is 0 Å². The van der Waals surface area contributed by atoms with E-state index in [0.29, 0.717) is 24.9 Å². The lowest BCUT2D eigenvalue weighted by atomic mass is 9.53. The molecule has 152 valence electrons. The fourth-order valence-electron chi connectivity index (χ4n) is 6.40. The molecule has 28 heavy (non-hydrogen) atoms. The number of nitrogens with one attached hydrogen (secondary N) is 1. The second kappa shape index (κ2) is 6.74. The molecule has 1 aromatic carbocycles. The lowest BCUT2D eigenvalue weighted by Gasteiger charge is -2.51. The van der Waals surface area contributed by atoms with Gasteiger partial charge in [0.2, 0.25) is 0 Å². The predicted molar refractivity (Wildman–Crippen MR) is 105 cm³/mol. The Balaban J connectivity index is 1.27. The number of carbonyl (C=O) groups is 1. The Bertz CT molecular complexity index is 761. The molecule has 4 fully saturated rings. The number of carbonyl (C=O) groups excluding carboxylic acids is 1. The summed E-state index contributed by atoms with van der Waals surface area (Å²) in [5, 5.41) is 3.49. The van der Waals surface area contributed by atoms with Crippen LogP contribution in [0.4, 0.5) is 0 Å². The Hall–Kier alpha value is -1.59. The van der Waals surface area contributed by atoms with Gasteiger partial charge in [0.15, 0.2) is 0 Å². The minimum absolute atomic E-state index is 0.0180. The zero-order valence-corrected chi connectivity index (χ0v) is 16.9. The number of esters is 1. The molecule has 3 unspecified atom stereocenters. The maximum Gasteiger partial charge on any atom is 0.310 e. The third-order valence-corrected chi connectivity index (χ3v) is 7.95. The first kappa shape index (κ1) is 18.4. The molecule has 1 N–H and O–H groups in total. The van der Waals surface area contributed by atoms with E-state index in [1.54, 1.807) is 7.11 Å². The van der Waals surface area contributed by atoms with Gasteiger partial charge in [-0.05, 0) is 49.5 Å². The molecule has 5 heteroatoms. The maximum atomic E-state index is 12.7. The molecular formula is C23H31NO4. The fraction of sp³-hybridized carbons (Fsp3) is 0.696. The average Bonchev–Trinajstić information content (AvgIpc) is 3.38. The SMILES string of the molecule is COc1ccccc1CNCC1C(=O)O[C@@H]2C[C@@]3(C)CCCC4(CO4)C3C[C@H]12. The molecule has 1 spiro atoms. The molecule has 0 bridgehead atoms. The fourth-order valence-corrected chi connectivity index (χ4v) is 6.40. The van der Waals surface area contributed by atoms with Crippen molar-refractivity contribution in [1.29, 1.82) is 0 Å². The van der Waals surface area contributed by atoms with E-state index in [9.17, 15) is 4.79 Å². The maximum absolute atomic E-state index is 12.7. The van der Waals surface area contributed by atoms with Crippen molar-refractivity contribution in [3.8, 4) is 5.75 Å². The highest BCUT2D eigenvalue weighted by molar-refractivity contribution is 5.75. The minimum atomic E-state index is -0.0537. The van der Waals surface area contributed by atoms with E-state index >= 15 is 0 Å². The number of hydrogen-bond donors (Lipinski definition) is 1. The normalized spacial score (nSPS) is 41.3. The van der Waals surface area contributed by atoms with E-state index in [4.69, 9.17) is 14.2 Å². The van der Waals surface area contributed by atoms with E-state index < -0.39 is 0 Å². The summed E-state index contributed by atoms with van der Waals surface area (Å²) in [5.41, 5.74) is 1.48. The molecular weight excluding hydrogens is 354 g/mol. The summed E-state index contributed by atoms with van der Waals surface area (Å²) in [5.74, 6) is 1.69. The van der Waals surface area contributed by atoms with Crippen molar-refractivity contribution >= 4 is 5.97 Å². The molecule has 2 saturated heterocycles. The van der Waals surface area contributed by atoms with Crippen LogP contribution in [-0.2, 0) is 20.8 Å². The Morgan fingerprint density at radius 1 is 1.29 bits per heavy atom. The van der Waals surface area contributed by atoms with Crippen LogP contribution in [0.15, 0.2) is 24.3 Å². The highest BCUT2D eigenvalue weighted by atomic mass is 16.6. The average molecular weight is 386 g/mol. The summed E-state index contributed by atoms with van der Waals surface area (Å²) in [6, 6.07) is 8.01. The van der Waals surface area contributed by atoms with Crippen LogP contribution in [0, 0.1) is 23.2 Å². The number of ether oxygens (including phenoxy) is 3. The first-order chi connectivity index (χ1) is 13.5. The number of para-hydroxylation sites is 1. The van der Waals surface area contributed by atoms with E-state index in [1.165, 1.54) is 19.3 Å². The van der Waals surface area contributed by atoms with Gasteiger partial charge in [-0.2, -0.15) is 0 Å². The summed E-state index contributed by atoms with van der Waals surface area (Å²) in [7, 11) is 1.69. The van der Waals surface area contributed by atoms with Gasteiger partial charge in [-0.3, -0.25) is 4.79 Å². The Morgan fingerprint density at radius 2 is 2.11 bits per heavy atom.